The summed E-state index contributed by atoms with van der Waals surface area (Å²) in [6, 6.07) is 2.77. The minimum Gasteiger partial charge on any atom is -0.872 e. The minimum absolute atomic E-state index is 0.599. The lowest BCUT2D eigenvalue weighted by atomic mass is 9.78. The van der Waals surface area contributed by atoms with Crippen LogP contribution in [0.2, 0.25) is 0 Å². The van der Waals surface area contributed by atoms with E-state index >= 15 is 0 Å². The average Bonchev–Trinajstić information content (AvgIpc) is 2.65. The van der Waals surface area contributed by atoms with Crippen LogP contribution in [-0.2, 0) is 9.59 Å². The molecule has 0 aromatic heterocycles. The van der Waals surface area contributed by atoms with Gasteiger partial charge >= 0.3 is 0 Å². The van der Waals surface area contributed by atoms with E-state index in [-0.39, 0.29) is 0 Å². The van der Waals surface area contributed by atoms with E-state index in [1.165, 1.54) is 0 Å². The highest BCUT2D eigenvalue weighted by molar-refractivity contribution is 6.60. The van der Waals surface area contributed by atoms with Crippen molar-refractivity contribution in [3.63, 3.8) is 0 Å². The molecule has 0 fully saturated rings. The van der Waals surface area contributed by atoms with Crippen LogP contribution >= 0.6 is 0 Å². The number of rotatable bonds is 1. The summed E-state index contributed by atoms with van der Waals surface area (Å²) in [7, 11) is 0. The molecule has 0 spiro atoms. The third kappa shape index (κ3) is 2.30. The van der Waals surface area contributed by atoms with Crippen molar-refractivity contribution in [1.29, 1.82) is 0 Å². The van der Waals surface area contributed by atoms with E-state index in [1.807, 2.05) is 0 Å². The van der Waals surface area contributed by atoms with E-state index in [0.29, 0.717) is 12.1 Å². The first-order chi connectivity index (χ1) is 14.0. The number of carbonyl (C=O) groups excluding carboxylic acids is 4. The first-order valence-corrected chi connectivity index (χ1v) is 8.16. The van der Waals surface area contributed by atoms with Gasteiger partial charge in [0.05, 0.1) is 0 Å². The topological polar surface area (TPSA) is 198 Å². The summed E-state index contributed by atoms with van der Waals surface area (Å²) in [6.45, 7) is 0. The number of hydrogen-bond donors (Lipinski definition) is 3. The average molecular weight is 407 g/mol. The molecule has 2 aromatic rings. The molecule has 0 radical (unpaired) electrons. The summed E-state index contributed by atoms with van der Waals surface area (Å²) in [6.07, 6.45) is 0. The molecule has 0 bridgehead atoms. The number of phenolic OH excluding ortho intramolecular Hbond substituents is 3. The van der Waals surface area contributed by atoms with Gasteiger partial charge in [0.15, 0.2) is 0 Å². The van der Waals surface area contributed by atoms with Crippen LogP contribution in [-0.4, -0.2) is 38.5 Å². The minimum atomic E-state index is -1.62. The van der Waals surface area contributed by atoms with Crippen LogP contribution in [0.3, 0.4) is 0 Å². The van der Waals surface area contributed by atoms with E-state index < -0.39 is 91.0 Å². The van der Waals surface area contributed by atoms with E-state index in [2.05, 4.69) is 0 Å². The third-order valence-electron chi connectivity index (χ3n) is 4.70. The lowest BCUT2D eigenvalue weighted by molar-refractivity contribution is -0.274. The van der Waals surface area contributed by atoms with Crippen LogP contribution in [0.1, 0.15) is 31.8 Å². The maximum atomic E-state index is 12.8. The van der Waals surface area contributed by atoms with E-state index in [4.69, 9.17) is 0 Å². The van der Waals surface area contributed by atoms with Gasteiger partial charge in [-0.25, -0.2) is 0 Å². The fourth-order valence-electron chi connectivity index (χ4n) is 3.43. The SMILES string of the molecule is O=C1C(=O)c2cc(O)cc([O-])c2C([O-])=C1C1=C([O-])c2c(O)cc(O)cc2C(=O)C1=O. The standard InChI is InChI=1S/C20H10O10/c21-5-1-7-11(9(23)3-5)17(27)13(19(29)15(7)25)14-18(28)12-8(16(26)20(14)30)2-6(22)4-10(12)24/h1-4,21-24,27-28H/p-3. The number of aromatic hydroxyl groups is 3. The largest absolute Gasteiger partial charge is 0.872 e. The molecular formula is C20H7O10-3. The summed E-state index contributed by atoms with van der Waals surface area (Å²) < 4.78 is 0. The Hall–Kier alpha value is -4.60. The second-order valence-electron chi connectivity index (χ2n) is 6.48. The zero-order chi connectivity index (χ0) is 22.1. The Labute approximate surface area is 165 Å². The first kappa shape index (κ1) is 18.7. The molecule has 10 nitrogen and oxygen atoms in total. The Morgan fingerprint density at radius 2 is 1.00 bits per heavy atom. The number of fused-ring (bicyclic) bond motifs is 2. The second-order valence-corrected chi connectivity index (χ2v) is 6.48. The number of allylic oxidation sites excluding steroid dienone is 2. The van der Waals surface area contributed by atoms with Crippen molar-refractivity contribution < 1.29 is 49.8 Å². The molecule has 0 unspecified atom stereocenters. The number of hydrogen-bond acceptors (Lipinski definition) is 10. The normalized spacial score (nSPS) is 16.1. The van der Waals surface area contributed by atoms with Gasteiger partial charge in [-0.15, -0.1) is 0 Å². The number of carbonyl (C=O) groups is 4. The van der Waals surface area contributed by atoms with Crippen LogP contribution in [0.25, 0.3) is 11.5 Å². The fourth-order valence-corrected chi connectivity index (χ4v) is 3.43. The summed E-state index contributed by atoms with van der Waals surface area (Å²) in [5.74, 6) is -12.3. The molecule has 0 atom stereocenters. The number of phenols is 3. The van der Waals surface area contributed by atoms with Gasteiger partial charge in [0.1, 0.15) is 17.2 Å². The molecule has 2 aliphatic rings. The van der Waals surface area contributed by atoms with Crippen LogP contribution in [0, 0.1) is 0 Å². The van der Waals surface area contributed by atoms with Crippen molar-refractivity contribution in [2.24, 2.45) is 0 Å². The molecule has 0 heterocycles. The Kier molecular flexibility index (Phi) is 3.72. The molecule has 30 heavy (non-hydrogen) atoms. The zero-order valence-corrected chi connectivity index (χ0v) is 14.5. The second kappa shape index (κ2) is 5.95. The Morgan fingerprint density at radius 3 is 1.53 bits per heavy atom. The molecule has 2 aliphatic carbocycles. The quantitative estimate of drug-likeness (QED) is 0.456. The third-order valence-corrected chi connectivity index (χ3v) is 4.70. The number of ketones is 4. The van der Waals surface area contributed by atoms with Crippen molar-refractivity contribution in [3.8, 4) is 23.0 Å². The molecular weight excluding hydrogens is 400 g/mol. The lowest BCUT2D eigenvalue weighted by Gasteiger charge is -2.33. The zero-order valence-electron chi connectivity index (χ0n) is 14.5. The Balaban J connectivity index is 2.10. The molecule has 0 saturated heterocycles. The van der Waals surface area contributed by atoms with Crippen LogP contribution < -0.4 is 15.3 Å². The molecule has 10 heteroatoms. The summed E-state index contributed by atoms with van der Waals surface area (Å²) in [5.41, 5.74) is -5.45. The smallest absolute Gasteiger partial charge is 0.234 e. The summed E-state index contributed by atoms with van der Waals surface area (Å²) in [4.78, 5) is 49.9. The predicted molar refractivity (Wildman–Crippen MR) is 89.8 cm³/mol. The molecule has 0 saturated carbocycles. The maximum Gasteiger partial charge on any atom is 0.234 e. The Bertz CT molecular complexity index is 1210. The van der Waals surface area contributed by atoms with Crippen LogP contribution in [0.5, 0.6) is 23.0 Å². The van der Waals surface area contributed by atoms with Crippen molar-refractivity contribution in [2.45, 2.75) is 0 Å². The molecule has 0 amide bonds. The number of Topliss-reactive ketones (excluding diaryl/α,β-unsaturated/α-hetero) is 4. The molecule has 3 N–H and O–H groups in total. The van der Waals surface area contributed by atoms with E-state index in [0.717, 1.165) is 12.1 Å². The fraction of sp³-hybridized carbons (Fsp3) is 0. The van der Waals surface area contributed by atoms with Crippen molar-refractivity contribution in [1.82, 2.24) is 0 Å². The van der Waals surface area contributed by atoms with Gasteiger partial charge in [0, 0.05) is 33.9 Å². The van der Waals surface area contributed by atoms with Gasteiger partial charge in [-0.05, 0) is 23.8 Å². The van der Waals surface area contributed by atoms with Crippen molar-refractivity contribution in [2.75, 3.05) is 0 Å². The highest BCUT2D eigenvalue weighted by Crippen LogP contribution is 2.42. The first-order valence-electron chi connectivity index (χ1n) is 8.16. The van der Waals surface area contributed by atoms with Gasteiger partial charge in [-0.2, -0.15) is 0 Å². The summed E-state index contributed by atoms with van der Waals surface area (Å²) in [5, 5.41) is 66.7. The highest BCUT2D eigenvalue weighted by atomic mass is 16.3. The summed E-state index contributed by atoms with van der Waals surface area (Å²) >= 11 is 0. The van der Waals surface area contributed by atoms with Gasteiger partial charge < -0.3 is 30.6 Å². The maximum absolute atomic E-state index is 12.8. The van der Waals surface area contributed by atoms with Gasteiger partial charge in [-0.1, -0.05) is 17.3 Å². The molecule has 2 aromatic carbocycles. The lowest BCUT2D eigenvalue weighted by Crippen LogP contribution is -2.36. The Morgan fingerprint density at radius 1 is 0.567 bits per heavy atom. The molecule has 0 aliphatic heterocycles. The molecule has 150 valence electrons. The van der Waals surface area contributed by atoms with Crippen molar-refractivity contribution >= 4 is 34.7 Å². The van der Waals surface area contributed by atoms with Crippen LogP contribution in [0.15, 0.2) is 35.4 Å². The van der Waals surface area contributed by atoms with E-state index in [1.54, 1.807) is 0 Å². The van der Waals surface area contributed by atoms with Gasteiger partial charge in [-0.3, -0.25) is 19.2 Å². The van der Waals surface area contributed by atoms with Crippen LogP contribution in [0.4, 0.5) is 0 Å². The molecule has 4 rings (SSSR count). The van der Waals surface area contributed by atoms with Gasteiger partial charge in [0.2, 0.25) is 23.1 Å². The van der Waals surface area contributed by atoms with Crippen molar-refractivity contribution in [3.05, 3.63) is 57.7 Å². The predicted octanol–water partition coefficient (Wildman–Crippen LogP) is -1.75. The monoisotopic (exact) mass is 407 g/mol. The number of benzene rings is 2. The van der Waals surface area contributed by atoms with Gasteiger partial charge in [0.25, 0.3) is 0 Å². The van der Waals surface area contributed by atoms with E-state index in [9.17, 15) is 49.8 Å². The highest BCUT2D eigenvalue weighted by Gasteiger charge is 2.39.